The third-order valence-corrected chi connectivity index (χ3v) is 2.52. The van der Waals surface area contributed by atoms with Gasteiger partial charge in [0, 0.05) is 0 Å². The van der Waals surface area contributed by atoms with Crippen LogP contribution in [-0.2, 0) is 14.3 Å². The molecule has 0 radical (unpaired) electrons. The quantitative estimate of drug-likeness (QED) is 0.473. The normalized spacial score (nSPS) is 12.5. The summed E-state index contributed by atoms with van der Waals surface area (Å²) in [5, 5.41) is 0. The highest BCUT2D eigenvalue weighted by Gasteiger charge is 2.06. The molecule has 0 aliphatic heterocycles. The van der Waals surface area contributed by atoms with Gasteiger partial charge >= 0.3 is 0 Å². The Bertz CT molecular complexity index is 229. The molecule has 0 spiro atoms. The lowest BCUT2D eigenvalue weighted by Crippen LogP contribution is -2.09. The topological polar surface area (TPSA) is 43.4 Å². The molecular weight excluding hydrogens is 188 g/mol. The lowest BCUT2D eigenvalue weighted by atomic mass is 10.3. The summed E-state index contributed by atoms with van der Waals surface area (Å²) in [5.74, 6) is -0.00694. The Hall–Kier alpha value is -0.350. The average Bonchev–Trinajstić information content (AvgIpc) is 2.09. The smallest absolute Gasteiger partial charge is 0.270 e. The number of unbranched alkanes of at least 4 members (excludes halogenated alkanes) is 1. The molecule has 0 amide bonds. The minimum atomic E-state index is -3.31. The average molecular weight is 206 g/mol. The molecule has 3 nitrogen and oxygen atoms in total. The van der Waals surface area contributed by atoms with Crippen LogP contribution in [0.5, 0.6) is 0 Å². The first-order chi connectivity index (χ1) is 6.12. The second-order valence-electron chi connectivity index (χ2n) is 2.81. The van der Waals surface area contributed by atoms with Crippen LogP contribution in [0.1, 0.15) is 33.1 Å². The van der Waals surface area contributed by atoms with Gasteiger partial charge in [-0.3, -0.25) is 4.18 Å². The third-order valence-electron chi connectivity index (χ3n) is 1.39. The molecule has 0 aliphatic carbocycles. The largest absolute Gasteiger partial charge is 0.270 e. The highest BCUT2D eigenvalue weighted by atomic mass is 32.2. The third kappa shape index (κ3) is 7.99. The maximum atomic E-state index is 11.1. The van der Waals surface area contributed by atoms with Crippen LogP contribution in [0.3, 0.4) is 0 Å². The summed E-state index contributed by atoms with van der Waals surface area (Å²) >= 11 is 0. The van der Waals surface area contributed by atoms with Crippen molar-refractivity contribution in [3.63, 3.8) is 0 Å². The fourth-order valence-corrected chi connectivity index (χ4v) is 1.62. The molecule has 0 saturated carbocycles. The van der Waals surface area contributed by atoms with Crippen LogP contribution in [0.15, 0.2) is 12.2 Å². The van der Waals surface area contributed by atoms with Crippen LogP contribution in [0.2, 0.25) is 0 Å². The number of rotatable bonds is 7. The fraction of sp³-hybridized carbons (Fsp3) is 0.778. The van der Waals surface area contributed by atoms with Crippen molar-refractivity contribution in [2.75, 3.05) is 12.4 Å². The van der Waals surface area contributed by atoms with Gasteiger partial charge in [0.05, 0.1) is 12.4 Å². The summed E-state index contributed by atoms with van der Waals surface area (Å²) in [6.45, 7) is 4.21. The Morgan fingerprint density at radius 3 is 2.38 bits per heavy atom. The second kappa shape index (κ2) is 7.09. The van der Waals surface area contributed by atoms with Gasteiger partial charge in [0.2, 0.25) is 0 Å². The van der Waals surface area contributed by atoms with Crippen molar-refractivity contribution in [3.05, 3.63) is 12.2 Å². The Balaban J connectivity index is 3.76. The van der Waals surface area contributed by atoms with Gasteiger partial charge in [-0.25, -0.2) is 0 Å². The minimum absolute atomic E-state index is 0.00694. The fourth-order valence-electron chi connectivity index (χ4n) is 0.729. The summed E-state index contributed by atoms with van der Waals surface area (Å²) in [6.07, 6.45) is 6.19. The predicted molar refractivity (Wildman–Crippen MR) is 54.1 cm³/mol. The first kappa shape index (κ1) is 12.7. The molecule has 0 aromatic rings. The number of allylic oxidation sites excluding steroid dienone is 1. The van der Waals surface area contributed by atoms with E-state index >= 15 is 0 Å². The monoisotopic (exact) mass is 206 g/mol. The van der Waals surface area contributed by atoms with Crippen molar-refractivity contribution < 1.29 is 12.6 Å². The van der Waals surface area contributed by atoms with Crippen molar-refractivity contribution in [2.45, 2.75) is 33.1 Å². The van der Waals surface area contributed by atoms with Crippen LogP contribution in [-0.4, -0.2) is 20.8 Å². The lowest BCUT2D eigenvalue weighted by molar-refractivity contribution is 0.320. The van der Waals surface area contributed by atoms with Gasteiger partial charge in [0.15, 0.2) is 0 Å². The second-order valence-corrected chi connectivity index (χ2v) is 4.49. The molecule has 0 atom stereocenters. The molecular formula is C9H18O3S. The Kier molecular flexibility index (Phi) is 6.90. The first-order valence-electron chi connectivity index (χ1n) is 4.64. The maximum absolute atomic E-state index is 11.1. The number of hydrogen-bond donors (Lipinski definition) is 0. The molecule has 0 bridgehead atoms. The van der Waals surface area contributed by atoms with Gasteiger partial charge in [-0.1, -0.05) is 32.4 Å². The van der Waals surface area contributed by atoms with E-state index in [2.05, 4.69) is 4.18 Å². The standard InChI is InChI=1S/C9H18O3S/c1-3-5-6-7-9-13(10,11)12-8-4-2/h6-7H,3-5,8-9H2,1-2H3. The summed E-state index contributed by atoms with van der Waals surface area (Å²) < 4.78 is 26.8. The van der Waals surface area contributed by atoms with Crippen LogP contribution in [0.25, 0.3) is 0 Å². The van der Waals surface area contributed by atoms with Gasteiger partial charge in [0.25, 0.3) is 10.1 Å². The van der Waals surface area contributed by atoms with E-state index in [1.54, 1.807) is 6.08 Å². The highest BCUT2D eigenvalue weighted by Crippen LogP contribution is 1.97. The molecule has 0 aromatic carbocycles. The molecule has 78 valence electrons. The first-order valence-corrected chi connectivity index (χ1v) is 6.22. The van der Waals surface area contributed by atoms with E-state index < -0.39 is 10.1 Å². The molecule has 0 aromatic heterocycles. The summed E-state index contributed by atoms with van der Waals surface area (Å²) in [7, 11) is -3.31. The summed E-state index contributed by atoms with van der Waals surface area (Å²) in [6, 6.07) is 0. The van der Waals surface area contributed by atoms with E-state index in [0.29, 0.717) is 0 Å². The molecule has 4 heteroatoms. The van der Waals surface area contributed by atoms with E-state index in [-0.39, 0.29) is 12.4 Å². The Morgan fingerprint density at radius 1 is 1.15 bits per heavy atom. The van der Waals surface area contributed by atoms with Crippen molar-refractivity contribution in [1.29, 1.82) is 0 Å². The van der Waals surface area contributed by atoms with Gasteiger partial charge in [-0.15, -0.1) is 0 Å². The molecule has 0 unspecified atom stereocenters. The van der Waals surface area contributed by atoms with Crippen molar-refractivity contribution in [2.24, 2.45) is 0 Å². The van der Waals surface area contributed by atoms with E-state index in [9.17, 15) is 8.42 Å². The van der Waals surface area contributed by atoms with Gasteiger partial charge in [-0.05, 0) is 12.8 Å². The van der Waals surface area contributed by atoms with E-state index in [4.69, 9.17) is 0 Å². The lowest BCUT2D eigenvalue weighted by Gasteiger charge is -2.00. The maximum Gasteiger partial charge on any atom is 0.270 e. The molecule has 0 aliphatic rings. The molecule has 0 heterocycles. The predicted octanol–water partition coefficient (Wildman–Crippen LogP) is 2.10. The zero-order chi connectivity index (χ0) is 10.2. The van der Waals surface area contributed by atoms with E-state index in [0.717, 1.165) is 19.3 Å². The highest BCUT2D eigenvalue weighted by molar-refractivity contribution is 7.86. The molecule has 0 N–H and O–H groups in total. The SMILES string of the molecule is CCCC=CCS(=O)(=O)OCCC. The molecule has 13 heavy (non-hydrogen) atoms. The minimum Gasteiger partial charge on any atom is -0.270 e. The van der Waals surface area contributed by atoms with Crippen molar-refractivity contribution in [1.82, 2.24) is 0 Å². The van der Waals surface area contributed by atoms with Crippen LogP contribution >= 0.6 is 0 Å². The van der Waals surface area contributed by atoms with Crippen molar-refractivity contribution >= 4 is 10.1 Å². The molecule has 0 saturated heterocycles. The van der Waals surface area contributed by atoms with Gasteiger partial charge < -0.3 is 0 Å². The zero-order valence-corrected chi connectivity index (χ0v) is 9.14. The molecule has 0 rings (SSSR count). The van der Waals surface area contributed by atoms with Gasteiger partial charge in [0.1, 0.15) is 0 Å². The van der Waals surface area contributed by atoms with Crippen LogP contribution in [0.4, 0.5) is 0 Å². The van der Waals surface area contributed by atoms with Crippen molar-refractivity contribution in [3.8, 4) is 0 Å². The number of hydrogen-bond acceptors (Lipinski definition) is 3. The van der Waals surface area contributed by atoms with Gasteiger partial charge in [-0.2, -0.15) is 8.42 Å². The Morgan fingerprint density at radius 2 is 1.85 bits per heavy atom. The van der Waals surface area contributed by atoms with E-state index in [1.807, 2.05) is 19.9 Å². The Labute approximate surface area is 80.9 Å². The zero-order valence-electron chi connectivity index (χ0n) is 8.32. The van der Waals surface area contributed by atoms with Crippen LogP contribution in [0, 0.1) is 0 Å². The van der Waals surface area contributed by atoms with Crippen LogP contribution < -0.4 is 0 Å². The molecule has 0 fully saturated rings. The van der Waals surface area contributed by atoms with E-state index in [1.165, 1.54) is 0 Å². The summed E-state index contributed by atoms with van der Waals surface area (Å²) in [4.78, 5) is 0. The summed E-state index contributed by atoms with van der Waals surface area (Å²) in [5.41, 5.74) is 0.